The van der Waals surface area contributed by atoms with Gasteiger partial charge in [0.25, 0.3) is 0 Å². The van der Waals surface area contributed by atoms with Gasteiger partial charge in [0.1, 0.15) is 5.60 Å². The summed E-state index contributed by atoms with van der Waals surface area (Å²) in [5, 5.41) is 11.7. The van der Waals surface area contributed by atoms with Gasteiger partial charge in [-0.05, 0) is 33.1 Å². The van der Waals surface area contributed by atoms with Gasteiger partial charge in [0.05, 0.1) is 6.42 Å². The van der Waals surface area contributed by atoms with Gasteiger partial charge in [0.2, 0.25) is 0 Å². The lowest BCUT2D eigenvalue weighted by molar-refractivity contribution is -0.137. The van der Waals surface area contributed by atoms with E-state index in [0.29, 0.717) is 5.92 Å². The lowest BCUT2D eigenvalue weighted by Crippen LogP contribution is -2.41. The summed E-state index contributed by atoms with van der Waals surface area (Å²) in [4.78, 5) is 22.7. The second kappa shape index (κ2) is 7.50. The molecule has 1 aliphatic carbocycles. The summed E-state index contributed by atoms with van der Waals surface area (Å²) in [6.45, 7) is 5.37. The number of carboxylic acid groups (broad SMARTS) is 1. The summed E-state index contributed by atoms with van der Waals surface area (Å²) in [6, 6.07) is -0.342. The van der Waals surface area contributed by atoms with Crippen LogP contribution in [0.4, 0.5) is 4.79 Å². The zero-order valence-electron chi connectivity index (χ0n) is 12.8. The van der Waals surface area contributed by atoms with Gasteiger partial charge >= 0.3 is 12.1 Å². The molecule has 0 unspecified atom stereocenters. The summed E-state index contributed by atoms with van der Waals surface area (Å²) in [6.07, 6.45) is 6.09. The molecule has 1 fully saturated rings. The molecule has 0 heterocycles. The molecule has 1 atom stereocenters. The van der Waals surface area contributed by atoms with Gasteiger partial charge in [0, 0.05) is 6.04 Å². The smallest absolute Gasteiger partial charge is 0.407 e. The van der Waals surface area contributed by atoms with E-state index in [9.17, 15) is 9.59 Å². The number of nitrogens with one attached hydrogen (secondary N) is 1. The van der Waals surface area contributed by atoms with Gasteiger partial charge in [0.15, 0.2) is 0 Å². The second-order valence-corrected chi connectivity index (χ2v) is 6.68. The summed E-state index contributed by atoms with van der Waals surface area (Å²) >= 11 is 0. The number of rotatable bonds is 5. The van der Waals surface area contributed by atoms with E-state index < -0.39 is 17.7 Å². The molecule has 5 nitrogen and oxygen atoms in total. The molecule has 0 bridgehead atoms. The monoisotopic (exact) mass is 285 g/mol. The first kappa shape index (κ1) is 16.8. The molecule has 0 radical (unpaired) electrons. The molecule has 0 saturated heterocycles. The minimum absolute atomic E-state index is 0.0459. The fraction of sp³-hybridized carbons (Fsp3) is 0.867. The van der Waals surface area contributed by atoms with Gasteiger partial charge in [-0.3, -0.25) is 4.79 Å². The van der Waals surface area contributed by atoms with Gasteiger partial charge in [-0.25, -0.2) is 4.79 Å². The van der Waals surface area contributed by atoms with Crippen LogP contribution in [0.1, 0.15) is 65.7 Å². The van der Waals surface area contributed by atoms with Crippen LogP contribution in [0, 0.1) is 5.92 Å². The highest BCUT2D eigenvalue weighted by atomic mass is 16.6. The highest BCUT2D eigenvalue weighted by Crippen LogP contribution is 2.28. The maximum Gasteiger partial charge on any atom is 0.407 e. The zero-order valence-corrected chi connectivity index (χ0v) is 12.8. The third-order valence-corrected chi connectivity index (χ3v) is 3.48. The lowest BCUT2D eigenvalue weighted by Gasteiger charge is -2.27. The molecule has 1 saturated carbocycles. The number of hydrogen-bond donors (Lipinski definition) is 2. The Morgan fingerprint density at radius 2 is 1.85 bits per heavy atom. The molecule has 20 heavy (non-hydrogen) atoms. The third-order valence-electron chi connectivity index (χ3n) is 3.48. The summed E-state index contributed by atoms with van der Waals surface area (Å²) in [5.41, 5.74) is -0.567. The predicted molar refractivity (Wildman–Crippen MR) is 76.6 cm³/mol. The van der Waals surface area contributed by atoms with Crippen LogP contribution < -0.4 is 5.32 Å². The largest absolute Gasteiger partial charge is 0.481 e. The number of alkyl carbamates (subject to hydrolysis) is 1. The molecule has 5 heteroatoms. The normalized spacial score (nSPS) is 18.4. The molecule has 0 spiro atoms. The topological polar surface area (TPSA) is 75.6 Å². The van der Waals surface area contributed by atoms with E-state index in [-0.39, 0.29) is 12.5 Å². The maximum atomic E-state index is 11.8. The van der Waals surface area contributed by atoms with E-state index in [4.69, 9.17) is 9.84 Å². The Labute approximate surface area is 121 Å². The molecule has 0 aromatic rings. The molecule has 0 aromatic carbocycles. The molecule has 1 aliphatic rings. The Balaban J connectivity index is 2.50. The summed E-state index contributed by atoms with van der Waals surface area (Å²) in [7, 11) is 0. The number of ether oxygens (including phenoxy) is 1. The summed E-state index contributed by atoms with van der Waals surface area (Å²) < 4.78 is 5.20. The van der Waals surface area contributed by atoms with Crippen LogP contribution in [-0.2, 0) is 9.53 Å². The van der Waals surface area contributed by atoms with Crippen LogP contribution in [0.5, 0.6) is 0 Å². The first-order valence-electron chi connectivity index (χ1n) is 7.47. The molecule has 1 amide bonds. The summed E-state index contributed by atoms with van der Waals surface area (Å²) in [5.74, 6) is -0.370. The van der Waals surface area contributed by atoms with E-state index in [1.54, 1.807) is 20.8 Å². The molecule has 2 N–H and O–H groups in total. The van der Waals surface area contributed by atoms with E-state index in [2.05, 4.69) is 5.32 Å². The van der Waals surface area contributed by atoms with Crippen LogP contribution in [-0.4, -0.2) is 28.8 Å². The van der Waals surface area contributed by atoms with Crippen LogP contribution in [0.15, 0.2) is 0 Å². The number of carboxylic acids is 1. The van der Waals surface area contributed by atoms with Crippen molar-refractivity contribution in [2.45, 2.75) is 77.4 Å². The maximum absolute atomic E-state index is 11.8. The zero-order chi connectivity index (χ0) is 15.2. The van der Waals surface area contributed by atoms with Crippen molar-refractivity contribution in [3.8, 4) is 0 Å². The Bertz CT molecular complexity index is 329. The third kappa shape index (κ3) is 7.36. The first-order chi connectivity index (χ1) is 9.26. The highest BCUT2D eigenvalue weighted by Gasteiger charge is 2.24. The highest BCUT2D eigenvalue weighted by molar-refractivity contribution is 5.71. The minimum atomic E-state index is -0.887. The van der Waals surface area contributed by atoms with Crippen LogP contribution >= 0.6 is 0 Å². The Kier molecular flexibility index (Phi) is 6.30. The van der Waals surface area contributed by atoms with Crippen molar-refractivity contribution in [2.75, 3.05) is 0 Å². The van der Waals surface area contributed by atoms with Crippen LogP contribution in [0.25, 0.3) is 0 Å². The van der Waals surface area contributed by atoms with E-state index >= 15 is 0 Å². The molecule has 0 aliphatic heterocycles. The quantitative estimate of drug-likeness (QED) is 0.812. The predicted octanol–water partition coefficient (Wildman–Crippen LogP) is 3.32. The average molecular weight is 285 g/mol. The average Bonchev–Trinajstić information content (AvgIpc) is 2.26. The number of hydrogen-bond acceptors (Lipinski definition) is 3. The van der Waals surface area contributed by atoms with E-state index in [0.717, 1.165) is 19.3 Å². The van der Waals surface area contributed by atoms with Crippen molar-refractivity contribution in [3.63, 3.8) is 0 Å². The van der Waals surface area contributed by atoms with Crippen molar-refractivity contribution >= 4 is 12.1 Å². The molecule has 116 valence electrons. The van der Waals surface area contributed by atoms with Crippen molar-refractivity contribution in [2.24, 2.45) is 5.92 Å². The first-order valence-corrected chi connectivity index (χ1v) is 7.47. The molecular weight excluding hydrogens is 258 g/mol. The van der Waals surface area contributed by atoms with E-state index in [1.807, 2.05) is 0 Å². The minimum Gasteiger partial charge on any atom is -0.481 e. The number of carbonyl (C=O) groups is 2. The fourth-order valence-corrected chi connectivity index (χ4v) is 2.70. The Morgan fingerprint density at radius 1 is 1.25 bits per heavy atom. The van der Waals surface area contributed by atoms with Gasteiger partial charge < -0.3 is 15.2 Å². The number of carbonyl (C=O) groups excluding carboxylic acids is 1. The van der Waals surface area contributed by atoms with Crippen molar-refractivity contribution in [1.29, 1.82) is 0 Å². The standard InChI is InChI=1S/C15H27NO4/c1-15(2,3)20-14(19)16-12(10-13(17)18)9-11-7-5-4-6-8-11/h11-12H,4-10H2,1-3H3,(H,16,19)(H,17,18)/t12-/m1/s1. The van der Waals surface area contributed by atoms with Crippen molar-refractivity contribution in [1.82, 2.24) is 5.32 Å². The van der Waals surface area contributed by atoms with Crippen LogP contribution in [0.3, 0.4) is 0 Å². The van der Waals surface area contributed by atoms with Gasteiger partial charge in [-0.2, -0.15) is 0 Å². The Hall–Kier alpha value is -1.26. The van der Waals surface area contributed by atoms with Crippen molar-refractivity contribution in [3.05, 3.63) is 0 Å². The lowest BCUT2D eigenvalue weighted by atomic mass is 9.84. The molecule has 0 aromatic heterocycles. The SMILES string of the molecule is CC(C)(C)OC(=O)N[C@@H](CC(=O)O)CC1CCCCC1. The number of aliphatic carboxylic acids is 1. The van der Waals surface area contributed by atoms with Crippen molar-refractivity contribution < 1.29 is 19.4 Å². The molecule has 1 rings (SSSR count). The van der Waals surface area contributed by atoms with Crippen LogP contribution in [0.2, 0.25) is 0 Å². The van der Waals surface area contributed by atoms with E-state index in [1.165, 1.54) is 19.3 Å². The number of amides is 1. The molecular formula is C15H27NO4. The fourth-order valence-electron chi connectivity index (χ4n) is 2.70. The second-order valence-electron chi connectivity index (χ2n) is 6.68. The Morgan fingerprint density at radius 3 is 2.35 bits per heavy atom. The van der Waals surface area contributed by atoms with Gasteiger partial charge in [-0.1, -0.05) is 32.1 Å². The van der Waals surface area contributed by atoms with Gasteiger partial charge in [-0.15, -0.1) is 0 Å².